The second kappa shape index (κ2) is 4.81. The van der Waals surface area contributed by atoms with Crippen LogP contribution < -0.4 is 21.5 Å². The molecule has 94 valence electrons. The van der Waals surface area contributed by atoms with E-state index in [1.54, 1.807) is 13.8 Å². The Morgan fingerprint density at radius 1 is 1.41 bits per heavy atom. The van der Waals surface area contributed by atoms with Crippen molar-refractivity contribution >= 4 is 17.8 Å². The first-order chi connectivity index (χ1) is 7.82. The molecule has 0 bridgehead atoms. The minimum Gasteiger partial charge on any atom is -0.467 e. The van der Waals surface area contributed by atoms with Crippen molar-refractivity contribution in [1.82, 2.24) is 15.0 Å². The van der Waals surface area contributed by atoms with E-state index in [0.717, 1.165) is 0 Å². The number of anilines is 2. The van der Waals surface area contributed by atoms with E-state index in [-0.39, 0.29) is 24.3 Å². The highest BCUT2D eigenvalue weighted by molar-refractivity contribution is 5.75. The Hall–Kier alpha value is -2.12. The quantitative estimate of drug-likeness (QED) is 0.634. The number of hydrogen-bond acceptors (Lipinski definition) is 7. The lowest BCUT2D eigenvalue weighted by Crippen LogP contribution is -2.36. The Morgan fingerprint density at radius 2 is 2.06 bits per heavy atom. The van der Waals surface area contributed by atoms with Gasteiger partial charge in [-0.1, -0.05) is 0 Å². The molecule has 1 amide bonds. The van der Waals surface area contributed by atoms with E-state index in [2.05, 4.69) is 20.3 Å². The predicted octanol–water partition coefficient (Wildman–Crippen LogP) is -0.472. The van der Waals surface area contributed by atoms with Crippen molar-refractivity contribution in [1.29, 1.82) is 0 Å². The standard InChI is InChI=1S/C9H16N6O2/c1-9(2,4-5(10)16)15-7-12-6(11)13-8(14-7)17-3/h4H2,1-3H3,(H2,10,16)(H3,11,12,13,14,15). The molecule has 0 fully saturated rings. The fourth-order valence-electron chi connectivity index (χ4n) is 1.30. The number of rotatable bonds is 5. The summed E-state index contributed by atoms with van der Waals surface area (Å²) in [4.78, 5) is 22.5. The van der Waals surface area contributed by atoms with Crippen LogP contribution in [0.4, 0.5) is 11.9 Å². The second-order valence-electron chi connectivity index (χ2n) is 4.16. The lowest BCUT2D eigenvalue weighted by atomic mass is 10.0. The molecule has 0 aliphatic heterocycles. The first-order valence-corrected chi connectivity index (χ1v) is 4.94. The van der Waals surface area contributed by atoms with E-state index in [0.29, 0.717) is 0 Å². The van der Waals surface area contributed by atoms with Gasteiger partial charge in [0.15, 0.2) is 0 Å². The van der Waals surface area contributed by atoms with Gasteiger partial charge >= 0.3 is 6.01 Å². The molecule has 0 radical (unpaired) electrons. The summed E-state index contributed by atoms with van der Waals surface area (Å²) < 4.78 is 4.86. The normalized spacial score (nSPS) is 11.0. The second-order valence-corrected chi connectivity index (χ2v) is 4.16. The molecule has 0 spiro atoms. The fraction of sp³-hybridized carbons (Fsp3) is 0.556. The van der Waals surface area contributed by atoms with Crippen molar-refractivity contribution in [2.75, 3.05) is 18.2 Å². The van der Waals surface area contributed by atoms with Crippen molar-refractivity contribution in [3.8, 4) is 6.01 Å². The molecule has 17 heavy (non-hydrogen) atoms. The van der Waals surface area contributed by atoms with Crippen LogP contribution in [0.3, 0.4) is 0 Å². The van der Waals surface area contributed by atoms with Gasteiger partial charge in [-0.2, -0.15) is 15.0 Å². The van der Waals surface area contributed by atoms with Crippen molar-refractivity contribution in [3.05, 3.63) is 0 Å². The van der Waals surface area contributed by atoms with Crippen molar-refractivity contribution in [3.63, 3.8) is 0 Å². The first-order valence-electron chi connectivity index (χ1n) is 4.94. The molecule has 1 rings (SSSR count). The third-order valence-electron chi connectivity index (χ3n) is 1.88. The maximum absolute atomic E-state index is 10.9. The van der Waals surface area contributed by atoms with Crippen LogP contribution in [0.5, 0.6) is 6.01 Å². The molecule has 1 aromatic rings. The monoisotopic (exact) mass is 240 g/mol. The zero-order valence-corrected chi connectivity index (χ0v) is 10.0. The van der Waals surface area contributed by atoms with Gasteiger partial charge in [-0.15, -0.1) is 0 Å². The fourth-order valence-corrected chi connectivity index (χ4v) is 1.30. The number of nitrogens with two attached hydrogens (primary N) is 2. The van der Waals surface area contributed by atoms with Gasteiger partial charge in [-0.3, -0.25) is 4.79 Å². The number of carbonyl (C=O) groups excluding carboxylic acids is 1. The number of nitrogens with zero attached hydrogens (tertiary/aromatic N) is 3. The SMILES string of the molecule is COc1nc(N)nc(NC(C)(C)CC(N)=O)n1. The van der Waals surface area contributed by atoms with Gasteiger partial charge in [0.05, 0.1) is 7.11 Å². The summed E-state index contributed by atoms with van der Waals surface area (Å²) in [5.41, 5.74) is 10.0. The average molecular weight is 240 g/mol. The van der Waals surface area contributed by atoms with Crippen LogP contribution in [0.25, 0.3) is 0 Å². The molecule has 0 aliphatic carbocycles. The molecule has 0 saturated carbocycles. The van der Waals surface area contributed by atoms with Gasteiger partial charge in [-0.25, -0.2) is 0 Å². The molecular weight excluding hydrogens is 224 g/mol. The molecule has 8 heteroatoms. The van der Waals surface area contributed by atoms with Crippen molar-refractivity contribution in [2.45, 2.75) is 25.8 Å². The van der Waals surface area contributed by atoms with Gasteiger partial charge in [0, 0.05) is 12.0 Å². The van der Waals surface area contributed by atoms with Gasteiger partial charge in [0.25, 0.3) is 0 Å². The Labute approximate surface area is 98.8 Å². The molecule has 0 saturated heterocycles. The summed E-state index contributed by atoms with van der Waals surface area (Å²) in [6.45, 7) is 3.59. The molecule has 0 aromatic carbocycles. The lowest BCUT2D eigenvalue weighted by molar-refractivity contribution is -0.118. The number of aromatic nitrogens is 3. The summed E-state index contributed by atoms with van der Waals surface area (Å²) in [5.74, 6) is -0.147. The maximum atomic E-state index is 10.9. The highest BCUT2D eigenvalue weighted by Crippen LogP contribution is 2.16. The number of nitrogen functional groups attached to an aromatic ring is 1. The number of methoxy groups -OCH3 is 1. The Bertz CT molecular complexity index is 420. The van der Waals surface area contributed by atoms with E-state index < -0.39 is 11.4 Å². The van der Waals surface area contributed by atoms with Crippen LogP contribution >= 0.6 is 0 Å². The summed E-state index contributed by atoms with van der Waals surface area (Å²) >= 11 is 0. The van der Waals surface area contributed by atoms with E-state index in [1.165, 1.54) is 7.11 Å². The Balaban J connectivity index is 2.87. The smallest absolute Gasteiger partial charge is 0.322 e. The summed E-state index contributed by atoms with van der Waals surface area (Å²) in [7, 11) is 1.42. The molecule has 0 unspecified atom stereocenters. The highest BCUT2D eigenvalue weighted by atomic mass is 16.5. The number of ether oxygens (including phenoxy) is 1. The zero-order valence-electron chi connectivity index (χ0n) is 10.0. The first kappa shape index (κ1) is 12.9. The summed E-state index contributed by atoms with van der Waals surface area (Å²) in [6.07, 6.45) is 0.140. The number of primary amides is 1. The van der Waals surface area contributed by atoms with Crippen LogP contribution in [0.1, 0.15) is 20.3 Å². The maximum Gasteiger partial charge on any atom is 0.322 e. The van der Waals surface area contributed by atoms with E-state index in [9.17, 15) is 4.79 Å². The van der Waals surface area contributed by atoms with Gasteiger partial charge in [-0.05, 0) is 13.8 Å². The Morgan fingerprint density at radius 3 is 2.59 bits per heavy atom. The number of hydrogen-bond donors (Lipinski definition) is 3. The predicted molar refractivity (Wildman–Crippen MR) is 62.3 cm³/mol. The third kappa shape index (κ3) is 4.09. The number of nitrogens with one attached hydrogen (secondary N) is 1. The summed E-state index contributed by atoms with van der Waals surface area (Å²) in [5, 5.41) is 2.94. The van der Waals surface area contributed by atoms with Gasteiger partial charge in [0.2, 0.25) is 17.8 Å². The van der Waals surface area contributed by atoms with E-state index >= 15 is 0 Å². The zero-order chi connectivity index (χ0) is 13.1. The van der Waals surface area contributed by atoms with Gasteiger partial charge < -0.3 is 21.5 Å². The molecule has 8 nitrogen and oxygen atoms in total. The van der Waals surface area contributed by atoms with Gasteiger partial charge in [0.1, 0.15) is 0 Å². The number of amides is 1. The van der Waals surface area contributed by atoms with Crippen LogP contribution in [0.15, 0.2) is 0 Å². The molecule has 0 aliphatic rings. The molecule has 1 aromatic heterocycles. The minimum absolute atomic E-state index is 0.0363. The minimum atomic E-state index is -0.579. The van der Waals surface area contributed by atoms with Crippen LogP contribution in [0.2, 0.25) is 0 Å². The van der Waals surface area contributed by atoms with Crippen molar-refractivity contribution in [2.24, 2.45) is 5.73 Å². The number of carbonyl (C=O) groups is 1. The highest BCUT2D eigenvalue weighted by Gasteiger charge is 2.22. The van der Waals surface area contributed by atoms with Crippen LogP contribution in [-0.4, -0.2) is 33.5 Å². The van der Waals surface area contributed by atoms with E-state index in [1.807, 2.05) is 0 Å². The summed E-state index contributed by atoms with van der Waals surface area (Å²) in [6, 6.07) is 0.106. The molecule has 0 atom stereocenters. The topological polar surface area (TPSA) is 129 Å². The van der Waals surface area contributed by atoms with Crippen LogP contribution in [-0.2, 0) is 4.79 Å². The van der Waals surface area contributed by atoms with Crippen LogP contribution in [0, 0.1) is 0 Å². The molecular formula is C9H16N6O2. The lowest BCUT2D eigenvalue weighted by Gasteiger charge is -2.24. The van der Waals surface area contributed by atoms with Crippen molar-refractivity contribution < 1.29 is 9.53 Å². The molecule has 5 N–H and O–H groups in total. The Kier molecular flexibility index (Phi) is 3.66. The third-order valence-corrected chi connectivity index (χ3v) is 1.88. The largest absolute Gasteiger partial charge is 0.467 e. The molecule has 1 heterocycles. The van der Waals surface area contributed by atoms with E-state index in [4.69, 9.17) is 16.2 Å². The average Bonchev–Trinajstić information content (AvgIpc) is 2.13.